The molecule has 3 aromatic rings. The summed E-state index contributed by atoms with van der Waals surface area (Å²) in [4.78, 5) is 36.2. The Morgan fingerprint density at radius 3 is 2.58 bits per heavy atom. The van der Waals surface area contributed by atoms with Crippen LogP contribution in [0.3, 0.4) is 0 Å². The van der Waals surface area contributed by atoms with Gasteiger partial charge in [0.05, 0.1) is 0 Å². The summed E-state index contributed by atoms with van der Waals surface area (Å²) < 4.78 is 5.46. The molecule has 2 aromatic heterocycles. The third-order valence-corrected chi connectivity index (χ3v) is 4.64. The first kappa shape index (κ1) is 16.4. The Balaban J connectivity index is 1.47. The molecule has 1 aliphatic rings. The summed E-state index contributed by atoms with van der Waals surface area (Å²) in [6.07, 6.45) is 2.49. The van der Waals surface area contributed by atoms with Gasteiger partial charge < -0.3 is 19.2 Å². The number of amides is 2. The van der Waals surface area contributed by atoms with Crippen LogP contribution in [-0.4, -0.2) is 57.8 Å². The number of aromatic amines is 1. The zero-order valence-electron chi connectivity index (χ0n) is 14.6. The molecule has 1 saturated heterocycles. The van der Waals surface area contributed by atoms with Crippen LogP contribution in [-0.2, 0) is 0 Å². The van der Waals surface area contributed by atoms with Crippen molar-refractivity contribution < 1.29 is 14.0 Å². The minimum atomic E-state index is -0.0401. The first-order valence-corrected chi connectivity index (χ1v) is 8.71. The van der Waals surface area contributed by atoms with Crippen LogP contribution < -0.4 is 0 Å². The molecule has 134 valence electrons. The quantitative estimate of drug-likeness (QED) is 0.768. The Morgan fingerprint density at radius 1 is 1.08 bits per heavy atom. The first-order valence-electron chi connectivity index (χ1n) is 8.71. The number of oxazole rings is 1. The average molecular weight is 352 g/mol. The van der Waals surface area contributed by atoms with Crippen molar-refractivity contribution in [3.05, 3.63) is 53.7 Å². The number of nitrogens with zero attached hydrogens (tertiary/aromatic N) is 3. The standard InChI is InChI=1S/C19H20N4O3/c1-13-21-16-12-14(5-6-17(16)26-13)18(24)22-8-3-9-23(11-10-22)19(25)15-4-2-7-20-15/h2,4-7,12,20H,3,8-11H2,1H3. The molecule has 7 heteroatoms. The van der Waals surface area contributed by atoms with E-state index in [0.717, 1.165) is 6.42 Å². The number of carbonyl (C=O) groups excluding carboxylic acids is 2. The Hall–Kier alpha value is -3.09. The molecule has 0 saturated carbocycles. The van der Waals surface area contributed by atoms with Crippen molar-refractivity contribution in [3.8, 4) is 0 Å². The van der Waals surface area contributed by atoms with Crippen LogP contribution >= 0.6 is 0 Å². The molecule has 4 rings (SSSR count). The summed E-state index contributed by atoms with van der Waals surface area (Å²) in [7, 11) is 0. The van der Waals surface area contributed by atoms with E-state index in [1.54, 1.807) is 47.2 Å². The van der Waals surface area contributed by atoms with Crippen molar-refractivity contribution in [1.82, 2.24) is 19.8 Å². The van der Waals surface area contributed by atoms with Crippen molar-refractivity contribution >= 4 is 22.9 Å². The molecule has 0 unspecified atom stereocenters. The van der Waals surface area contributed by atoms with Gasteiger partial charge >= 0.3 is 0 Å². The van der Waals surface area contributed by atoms with Crippen LogP contribution in [0.25, 0.3) is 11.1 Å². The lowest BCUT2D eigenvalue weighted by molar-refractivity contribution is 0.0716. The van der Waals surface area contributed by atoms with E-state index in [1.165, 1.54) is 0 Å². The fourth-order valence-electron chi connectivity index (χ4n) is 3.32. The van der Waals surface area contributed by atoms with E-state index in [9.17, 15) is 9.59 Å². The van der Waals surface area contributed by atoms with Gasteiger partial charge in [-0.2, -0.15) is 0 Å². The van der Waals surface area contributed by atoms with Crippen molar-refractivity contribution in [2.24, 2.45) is 0 Å². The third kappa shape index (κ3) is 3.08. The largest absolute Gasteiger partial charge is 0.441 e. The molecule has 1 fully saturated rings. The predicted octanol–water partition coefficient (Wildman–Crippen LogP) is 2.45. The Kier molecular flexibility index (Phi) is 4.20. The number of hydrogen-bond acceptors (Lipinski definition) is 4. The number of aromatic nitrogens is 2. The van der Waals surface area contributed by atoms with Gasteiger partial charge in [0.2, 0.25) is 0 Å². The number of aryl methyl sites for hydroxylation is 1. The highest BCUT2D eigenvalue weighted by atomic mass is 16.3. The summed E-state index contributed by atoms with van der Waals surface area (Å²) in [5.41, 5.74) is 2.54. The third-order valence-electron chi connectivity index (χ3n) is 4.64. The van der Waals surface area contributed by atoms with Gasteiger partial charge in [-0.3, -0.25) is 9.59 Å². The Bertz CT molecular complexity index is 945. The van der Waals surface area contributed by atoms with E-state index in [2.05, 4.69) is 9.97 Å². The molecule has 2 amide bonds. The van der Waals surface area contributed by atoms with Gasteiger partial charge in [0, 0.05) is 44.9 Å². The first-order chi connectivity index (χ1) is 12.6. The highest BCUT2D eigenvalue weighted by molar-refractivity contribution is 5.97. The SMILES string of the molecule is Cc1nc2cc(C(=O)N3CCCN(C(=O)c4ccc[nH]4)CC3)ccc2o1. The Labute approximate surface area is 150 Å². The van der Waals surface area contributed by atoms with E-state index in [-0.39, 0.29) is 11.8 Å². The molecule has 0 atom stereocenters. The lowest BCUT2D eigenvalue weighted by Crippen LogP contribution is -2.37. The van der Waals surface area contributed by atoms with E-state index in [1.807, 2.05) is 6.07 Å². The van der Waals surface area contributed by atoms with Gasteiger partial charge in [-0.1, -0.05) is 0 Å². The van der Waals surface area contributed by atoms with Gasteiger partial charge in [0.15, 0.2) is 11.5 Å². The van der Waals surface area contributed by atoms with Crippen molar-refractivity contribution in [3.63, 3.8) is 0 Å². The number of hydrogen-bond donors (Lipinski definition) is 1. The van der Waals surface area contributed by atoms with Crippen molar-refractivity contribution in [1.29, 1.82) is 0 Å². The zero-order valence-corrected chi connectivity index (χ0v) is 14.6. The molecule has 0 bridgehead atoms. The van der Waals surface area contributed by atoms with E-state index < -0.39 is 0 Å². The maximum absolute atomic E-state index is 12.9. The highest BCUT2D eigenvalue weighted by Crippen LogP contribution is 2.19. The molecule has 0 aliphatic carbocycles. The summed E-state index contributed by atoms with van der Waals surface area (Å²) in [5, 5.41) is 0. The summed E-state index contributed by atoms with van der Waals surface area (Å²) >= 11 is 0. The number of fused-ring (bicyclic) bond motifs is 1. The second-order valence-corrected chi connectivity index (χ2v) is 6.44. The fraction of sp³-hybridized carbons (Fsp3) is 0.316. The predicted molar refractivity (Wildman–Crippen MR) is 96.0 cm³/mol. The molecule has 1 aromatic carbocycles. The number of carbonyl (C=O) groups is 2. The number of nitrogens with one attached hydrogen (secondary N) is 1. The average Bonchev–Trinajstić information content (AvgIpc) is 3.23. The topological polar surface area (TPSA) is 82.4 Å². The molecule has 1 N–H and O–H groups in total. The molecule has 26 heavy (non-hydrogen) atoms. The van der Waals surface area contributed by atoms with Crippen LogP contribution in [0.5, 0.6) is 0 Å². The van der Waals surface area contributed by atoms with Crippen molar-refractivity contribution in [2.45, 2.75) is 13.3 Å². The molecule has 0 spiro atoms. The second kappa shape index (κ2) is 6.67. The van der Waals surface area contributed by atoms with Gasteiger partial charge in [0.25, 0.3) is 11.8 Å². The highest BCUT2D eigenvalue weighted by Gasteiger charge is 2.24. The lowest BCUT2D eigenvalue weighted by Gasteiger charge is -2.22. The molecule has 1 aliphatic heterocycles. The number of rotatable bonds is 2. The molecule has 0 radical (unpaired) electrons. The second-order valence-electron chi connectivity index (χ2n) is 6.44. The minimum absolute atomic E-state index is 0.0243. The summed E-state index contributed by atoms with van der Waals surface area (Å²) in [6, 6.07) is 8.89. The molecular weight excluding hydrogens is 332 g/mol. The minimum Gasteiger partial charge on any atom is -0.441 e. The normalized spacial score (nSPS) is 15.3. The van der Waals surface area contributed by atoms with Gasteiger partial charge in [-0.15, -0.1) is 0 Å². The van der Waals surface area contributed by atoms with Gasteiger partial charge in [0.1, 0.15) is 11.2 Å². The lowest BCUT2D eigenvalue weighted by atomic mass is 10.1. The molecule has 3 heterocycles. The number of benzene rings is 1. The zero-order chi connectivity index (χ0) is 18.1. The van der Waals surface area contributed by atoms with Gasteiger partial charge in [-0.05, 0) is 36.8 Å². The maximum Gasteiger partial charge on any atom is 0.270 e. The summed E-state index contributed by atoms with van der Waals surface area (Å²) in [5.74, 6) is 0.517. The van der Waals surface area contributed by atoms with Crippen LogP contribution in [0.4, 0.5) is 0 Å². The van der Waals surface area contributed by atoms with E-state index in [4.69, 9.17) is 4.42 Å². The molecular formula is C19H20N4O3. The van der Waals surface area contributed by atoms with Crippen LogP contribution in [0.1, 0.15) is 33.2 Å². The molecule has 7 nitrogen and oxygen atoms in total. The summed E-state index contributed by atoms with van der Waals surface area (Å²) in [6.45, 7) is 4.09. The van der Waals surface area contributed by atoms with Crippen molar-refractivity contribution in [2.75, 3.05) is 26.2 Å². The smallest absolute Gasteiger partial charge is 0.270 e. The van der Waals surface area contributed by atoms with E-state index >= 15 is 0 Å². The fourth-order valence-corrected chi connectivity index (χ4v) is 3.32. The van der Waals surface area contributed by atoms with E-state index in [0.29, 0.717) is 54.4 Å². The van der Waals surface area contributed by atoms with Gasteiger partial charge in [-0.25, -0.2) is 4.98 Å². The monoisotopic (exact) mass is 352 g/mol. The van der Waals surface area contributed by atoms with Crippen LogP contribution in [0.15, 0.2) is 40.9 Å². The van der Waals surface area contributed by atoms with Crippen LogP contribution in [0.2, 0.25) is 0 Å². The maximum atomic E-state index is 12.9. The number of H-pyrrole nitrogens is 1. The Morgan fingerprint density at radius 2 is 1.85 bits per heavy atom. The van der Waals surface area contributed by atoms with Crippen LogP contribution in [0, 0.1) is 6.92 Å².